The maximum absolute atomic E-state index is 13.3. The summed E-state index contributed by atoms with van der Waals surface area (Å²) in [6.45, 7) is 4.63. The summed E-state index contributed by atoms with van der Waals surface area (Å²) in [5, 5.41) is 3.20. The van der Waals surface area contributed by atoms with Gasteiger partial charge < -0.3 is 10.1 Å². The molecule has 2 nitrogen and oxygen atoms in total. The van der Waals surface area contributed by atoms with E-state index in [1.165, 1.54) is 13.2 Å². The van der Waals surface area contributed by atoms with Crippen molar-refractivity contribution < 1.29 is 9.13 Å². The molecule has 0 radical (unpaired) electrons. The largest absolute Gasteiger partial charge is 0.494 e. The van der Waals surface area contributed by atoms with Crippen molar-refractivity contribution in [2.24, 2.45) is 0 Å². The van der Waals surface area contributed by atoms with Crippen LogP contribution in [0.25, 0.3) is 5.57 Å². The van der Waals surface area contributed by atoms with Gasteiger partial charge in [-0.15, -0.1) is 0 Å². The third-order valence-electron chi connectivity index (χ3n) is 2.84. The van der Waals surface area contributed by atoms with Crippen molar-refractivity contribution in [1.29, 1.82) is 0 Å². The van der Waals surface area contributed by atoms with Gasteiger partial charge in [0.05, 0.1) is 7.11 Å². The van der Waals surface area contributed by atoms with Crippen molar-refractivity contribution in [2.45, 2.75) is 0 Å². The van der Waals surface area contributed by atoms with Crippen LogP contribution in [0, 0.1) is 5.82 Å². The van der Waals surface area contributed by atoms with Gasteiger partial charge in [-0.1, -0.05) is 36.9 Å². The second kappa shape index (κ2) is 6.05. The molecule has 0 aliphatic rings. The summed E-state index contributed by atoms with van der Waals surface area (Å²) in [5.74, 6) is -0.134. The van der Waals surface area contributed by atoms with Crippen LogP contribution in [0.3, 0.4) is 0 Å². The SMILES string of the molecule is C=C(CNc1ccc(F)c(OC)c1)c1ccccc1. The maximum Gasteiger partial charge on any atom is 0.165 e. The Morgan fingerprint density at radius 3 is 2.63 bits per heavy atom. The van der Waals surface area contributed by atoms with Crippen molar-refractivity contribution in [2.75, 3.05) is 19.0 Å². The van der Waals surface area contributed by atoms with Crippen LogP contribution in [0.5, 0.6) is 5.75 Å². The summed E-state index contributed by atoms with van der Waals surface area (Å²) in [5.41, 5.74) is 2.86. The van der Waals surface area contributed by atoms with Crippen LogP contribution in [0.1, 0.15) is 5.56 Å². The Morgan fingerprint density at radius 1 is 1.21 bits per heavy atom. The molecule has 0 unspecified atom stereocenters. The fraction of sp³-hybridized carbons (Fsp3) is 0.125. The molecule has 0 aromatic heterocycles. The lowest BCUT2D eigenvalue weighted by Crippen LogP contribution is -2.03. The zero-order valence-corrected chi connectivity index (χ0v) is 10.8. The molecule has 0 aliphatic heterocycles. The number of hydrogen-bond donors (Lipinski definition) is 1. The minimum atomic E-state index is -0.366. The first-order valence-electron chi connectivity index (χ1n) is 6.01. The average molecular weight is 257 g/mol. The quantitative estimate of drug-likeness (QED) is 0.875. The maximum atomic E-state index is 13.3. The standard InChI is InChI=1S/C16H16FNO/c1-12(13-6-4-3-5-7-13)11-18-14-8-9-15(17)16(10-14)19-2/h3-10,18H,1,11H2,2H3. The molecule has 1 N–H and O–H groups in total. The van der Waals surface area contributed by atoms with Gasteiger partial charge in [-0.3, -0.25) is 0 Å². The summed E-state index contributed by atoms with van der Waals surface area (Å²) in [6.07, 6.45) is 0. The van der Waals surface area contributed by atoms with Crippen LogP contribution >= 0.6 is 0 Å². The van der Waals surface area contributed by atoms with Gasteiger partial charge in [0, 0.05) is 18.3 Å². The summed E-state index contributed by atoms with van der Waals surface area (Å²) >= 11 is 0. The van der Waals surface area contributed by atoms with Crippen molar-refractivity contribution >= 4 is 11.3 Å². The summed E-state index contributed by atoms with van der Waals surface area (Å²) in [6, 6.07) is 14.6. The van der Waals surface area contributed by atoms with E-state index in [1.807, 2.05) is 30.3 Å². The van der Waals surface area contributed by atoms with E-state index in [9.17, 15) is 4.39 Å². The molecule has 3 heteroatoms. The lowest BCUT2D eigenvalue weighted by Gasteiger charge is -2.10. The fourth-order valence-corrected chi connectivity index (χ4v) is 1.75. The minimum Gasteiger partial charge on any atom is -0.494 e. The van der Waals surface area contributed by atoms with E-state index < -0.39 is 0 Å². The number of anilines is 1. The van der Waals surface area contributed by atoms with E-state index in [-0.39, 0.29) is 11.6 Å². The Balaban J connectivity index is 2.01. The molecule has 0 bridgehead atoms. The molecular formula is C16H16FNO. The topological polar surface area (TPSA) is 21.3 Å². The highest BCUT2D eigenvalue weighted by Crippen LogP contribution is 2.22. The third-order valence-corrected chi connectivity index (χ3v) is 2.84. The minimum absolute atomic E-state index is 0.232. The molecule has 0 amide bonds. The molecule has 0 spiro atoms. The molecule has 19 heavy (non-hydrogen) atoms. The Bertz CT molecular complexity index is 566. The van der Waals surface area contributed by atoms with Gasteiger partial charge in [-0.2, -0.15) is 0 Å². The van der Waals surface area contributed by atoms with E-state index >= 15 is 0 Å². The van der Waals surface area contributed by atoms with Crippen LogP contribution in [0.2, 0.25) is 0 Å². The number of rotatable bonds is 5. The Labute approximate surface area is 112 Å². The molecule has 0 aliphatic carbocycles. The van der Waals surface area contributed by atoms with Gasteiger partial charge in [-0.25, -0.2) is 4.39 Å². The predicted molar refractivity (Wildman–Crippen MR) is 76.9 cm³/mol. The van der Waals surface area contributed by atoms with Gasteiger partial charge in [0.25, 0.3) is 0 Å². The third kappa shape index (κ3) is 3.35. The summed E-state index contributed by atoms with van der Waals surface area (Å²) in [4.78, 5) is 0. The van der Waals surface area contributed by atoms with Crippen molar-refractivity contribution in [3.05, 3.63) is 66.5 Å². The van der Waals surface area contributed by atoms with Crippen LogP contribution < -0.4 is 10.1 Å². The second-order valence-electron chi connectivity index (χ2n) is 4.17. The number of nitrogens with one attached hydrogen (secondary N) is 1. The number of hydrogen-bond acceptors (Lipinski definition) is 2. The zero-order chi connectivity index (χ0) is 13.7. The van der Waals surface area contributed by atoms with Gasteiger partial charge in [0.15, 0.2) is 11.6 Å². The van der Waals surface area contributed by atoms with E-state index in [1.54, 1.807) is 12.1 Å². The van der Waals surface area contributed by atoms with E-state index in [0.29, 0.717) is 6.54 Å². The number of halogens is 1. The zero-order valence-electron chi connectivity index (χ0n) is 10.8. The van der Waals surface area contributed by atoms with E-state index in [0.717, 1.165) is 16.8 Å². The average Bonchev–Trinajstić information content (AvgIpc) is 2.47. The molecular weight excluding hydrogens is 241 g/mol. The molecule has 2 aromatic carbocycles. The summed E-state index contributed by atoms with van der Waals surface area (Å²) in [7, 11) is 1.45. The first-order chi connectivity index (χ1) is 9.20. The highest BCUT2D eigenvalue weighted by Gasteiger charge is 2.04. The molecule has 0 heterocycles. The Kier molecular flexibility index (Phi) is 4.18. The monoisotopic (exact) mass is 257 g/mol. The second-order valence-corrected chi connectivity index (χ2v) is 4.17. The molecule has 98 valence electrons. The first-order valence-corrected chi connectivity index (χ1v) is 6.01. The number of ether oxygens (including phenoxy) is 1. The lowest BCUT2D eigenvalue weighted by molar-refractivity contribution is 0.387. The van der Waals surface area contributed by atoms with Crippen LogP contribution in [-0.4, -0.2) is 13.7 Å². The van der Waals surface area contributed by atoms with Gasteiger partial charge in [0.1, 0.15) is 0 Å². The van der Waals surface area contributed by atoms with Gasteiger partial charge in [-0.05, 0) is 23.3 Å². The normalized spacial score (nSPS) is 10.0. The predicted octanol–water partition coefficient (Wildman–Crippen LogP) is 3.96. The Hall–Kier alpha value is -2.29. The van der Waals surface area contributed by atoms with Crippen molar-refractivity contribution in [3.63, 3.8) is 0 Å². The number of methoxy groups -OCH3 is 1. The van der Waals surface area contributed by atoms with Crippen LogP contribution in [0.15, 0.2) is 55.1 Å². The number of benzene rings is 2. The highest BCUT2D eigenvalue weighted by atomic mass is 19.1. The van der Waals surface area contributed by atoms with Crippen LogP contribution in [-0.2, 0) is 0 Å². The molecule has 0 fully saturated rings. The van der Waals surface area contributed by atoms with Gasteiger partial charge in [0.2, 0.25) is 0 Å². The molecule has 0 atom stereocenters. The van der Waals surface area contributed by atoms with Gasteiger partial charge >= 0.3 is 0 Å². The first kappa shape index (κ1) is 13.1. The molecule has 2 aromatic rings. The fourth-order valence-electron chi connectivity index (χ4n) is 1.75. The lowest BCUT2D eigenvalue weighted by atomic mass is 10.1. The molecule has 0 saturated heterocycles. The Morgan fingerprint density at radius 2 is 1.95 bits per heavy atom. The summed E-state index contributed by atoms with van der Waals surface area (Å²) < 4.78 is 18.2. The van der Waals surface area contributed by atoms with Crippen molar-refractivity contribution in [1.82, 2.24) is 0 Å². The van der Waals surface area contributed by atoms with E-state index in [4.69, 9.17) is 4.74 Å². The molecule has 0 saturated carbocycles. The highest BCUT2D eigenvalue weighted by molar-refractivity contribution is 5.67. The van der Waals surface area contributed by atoms with E-state index in [2.05, 4.69) is 11.9 Å². The van der Waals surface area contributed by atoms with Crippen molar-refractivity contribution in [3.8, 4) is 5.75 Å². The molecule has 2 rings (SSSR count). The smallest absolute Gasteiger partial charge is 0.165 e. The van der Waals surface area contributed by atoms with Crippen LogP contribution in [0.4, 0.5) is 10.1 Å².